The Bertz CT molecular complexity index is 422. The van der Waals surface area contributed by atoms with Gasteiger partial charge in [-0.15, -0.1) is 0 Å². The van der Waals surface area contributed by atoms with Crippen LogP contribution in [0.4, 0.5) is 0 Å². The van der Waals surface area contributed by atoms with Crippen molar-refractivity contribution in [2.24, 2.45) is 0 Å². The van der Waals surface area contributed by atoms with Crippen LogP contribution in [0.25, 0.3) is 0 Å². The number of nitrogens with zero attached hydrogens (tertiary/aromatic N) is 1. The molecule has 6 heteroatoms. The molecule has 0 radical (unpaired) electrons. The first kappa shape index (κ1) is 13.3. The molecule has 0 saturated carbocycles. The first-order valence-corrected chi connectivity index (χ1v) is 5.21. The highest BCUT2D eigenvalue weighted by Crippen LogP contribution is 2.22. The van der Waals surface area contributed by atoms with Gasteiger partial charge in [0.1, 0.15) is 12.3 Å². The number of likely N-dealkylation sites (N-methyl/N-ethyl adjacent to an activating group) is 1. The fourth-order valence-electron chi connectivity index (χ4n) is 1.10. The molecule has 0 bridgehead atoms. The number of amides is 1. The summed E-state index contributed by atoms with van der Waals surface area (Å²) in [5.41, 5.74) is 0. The number of carbonyl (C=O) groups excluding carboxylic acids is 1. The molecule has 1 amide bonds. The van der Waals surface area contributed by atoms with Crippen LogP contribution in [0.5, 0.6) is 5.75 Å². The lowest BCUT2D eigenvalue weighted by Gasteiger charge is -2.15. The van der Waals surface area contributed by atoms with Gasteiger partial charge in [0, 0.05) is 7.05 Å². The number of carbonyl (C=O) groups is 2. The SMILES string of the molecule is CN(CC(=O)O)C(=O)COc1ccccc1Cl. The largest absolute Gasteiger partial charge is 0.482 e. The molecule has 1 aromatic rings. The van der Waals surface area contributed by atoms with Crippen LogP contribution in [0.15, 0.2) is 24.3 Å². The number of carboxylic acid groups (broad SMARTS) is 1. The molecular weight excluding hydrogens is 246 g/mol. The average molecular weight is 258 g/mol. The van der Waals surface area contributed by atoms with Crippen LogP contribution in [-0.2, 0) is 9.59 Å². The number of hydrogen-bond donors (Lipinski definition) is 1. The second kappa shape index (κ2) is 6.10. The van der Waals surface area contributed by atoms with E-state index in [0.717, 1.165) is 4.90 Å². The topological polar surface area (TPSA) is 66.8 Å². The molecule has 0 saturated heterocycles. The summed E-state index contributed by atoms with van der Waals surface area (Å²) in [7, 11) is 1.40. The van der Waals surface area contributed by atoms with E-state index in [2.05, 4.69) is 0 Å². The molecule has 0 aliphatic carbocycles. The zero-order chi connectivity index (χ0) is 12.8. The van der Waals surface area contributed by atoms with E-state index >= 15 is 0 Å². The van der Waals surface area contributed by atoms with E-state index in [1.807, 2.05) is 0 Å². The van der Waals surface area contributed by atoms with Crippen LogP contribution in [0.1, 0.15) is 0 Å². The van der Waals surface area contributed by atoms with Crippen molar-refractivity contribution in [1.29, 1.82) is 0 Å². The van der Waals surface area contributed by atoms with Crippen molar-refractivity contribution < 1.29 is 19.4 Å². The number of carboxylic acids is 1. The van der Waals surface area contributed by atoms with Crippen molar-refractivity contribution >= 4 is 23.5 Å². The van der Waals surface area contributed by atoms with Gasteiger partial charge < -0.3 is 14.7 Å². The summed E-state index contributed by atoms with van der Waals surface area (Å²) in [5.74, 6) is -1.10. The third-order valence-corrected chi connectivity index (χ3v) is 2.30. The number of ether oxygens (including phenoxy) is 1. The molecular formula is C11H12ClNO4. The lowest BCUT2D eigenvalue weighted by Crippen LogP contribution is -2.35. The summed E-state index contributed by atoms with van der Waals surface area (Å²) in [6.45, 7) is -0.599. The maximum absolute atomic E-state index is 11.5. The van der Waals surface area contributed by atoms with Crippen LogP contribution in [0, 0.1) is 0 Å². The lowest BCUT2D eigenvalue weighted by molar-refractivity contribution is -0.144. The lowest BCUT2D eigenvalue weighted by atomic mass is 10.3. The molecule has 1 aromatic carbocycles. The predicted octanol–water partition coefficient (Wildman–Crippen LogP) is 1.26. The number of aliphatic carboxylic acids is 1. The number of rotatable bonds is 5. The van der Waals surface area contributed by atoms with Crippen LogP contribution in [0.3, 0.4) is 0 Å². The molecule has 0 fully saturated rings. The first-order chi connectivity index (χ1) is 8.00. The van der Waals surface area contributed by atoms with Gasteiger partial charge >= 0.3 is 5.97 Å². The quantitative estimate of drug-likeness (QED) is 0.862. The van der Waals surface area contributed by atoms with E-state index in [1.165, 1.54) is 7.05 Å². The van der Waals surface area contributed by atoms with E-state index in [9.17, 15) is 9.59 Å². The molecule has 0 aromatic heterocycles. The Morgan fingerprint density at radius 1 is 1.41 bits per heavy atom. The fraction of sp³-hybridized carbons (Fsp3) is 0.273. The zero-order valence-electron chi connectivity index (χ0n) is 9.22. The fourth-order valence-corrected chi connectivity index (χ4v) is 1.29. The van der Waals surface area contributed by atoms with Crippen molar-refractivity contribution in [3.05, 3.63) is 29.3 Å². The Balaban J connectivity index is 2.48. The molecule has 5 nitrogen and oxygen atoms in total. The molecule has 17 heavy (non-hydrogen) atoms. The third kappa shape index (κ3) is 4.32. The first-order valence-electron chi connectivity index (χ1n) is 4.84. The zero-order valence-corrected chi connectivity index (χ0v) is 9.98. The summed E-state index contributed by atoms with van der Waals surface area (Å²) in [4.78, 5) is 22.9. The van der Waals surface area contributed by atoms with Crippen LogP contribution >= 0.6 is 11.6 Å². The van der Waals surface area contributed by atoms with Gasteiger partial charge in [-0.25, -0.2) is 0 Å². The maximum atomic E-state index is 11.5. The average Bonchev–Trinajstić information content (AvgIpc) is 2.26. The summed E-state index contributed by atoms with van der Waals surface area (Å²) in [5, 5.41) is 8.91. The summed E-state index contributed by atoms with van der Waals surface area (Å²) in [6, 6.07) is 6.75. The minimum atomic E-state index is -1.07. The van der Waals surface area contributed by atoms with E-state index in [-0.39, 0.29) is 13.2 Å². The van der Waals surface area contributed by atoms with Gasteiger partial charge in [0.2, 0.25) is 0 Å². The Hall–Kier alpha value is -1.75. The second-order valence-corrected chi connectivity index (χ2v) is 3.77. The molecule has 0 atom stereocenters. The van der Waals surface area contributed by atoms with Crippen molar-refractivity contribution in [1.82, 2.24) is 4.90 Å². The summed E-state index contributed by atoms with van der Waals surface area (Å²) >= 11 is 5.83. The highest BCUT2D eigenvalue weighted by atomic mass is 35.5. The number of para-hydroxylation sites is 1. The van der Waals surface area contributed by atoms with Crippen molar-refractivity contribution in [3.8, 4) is 5.75 Å². The van der Waals surface area contributed by atoms with E-state index in [4.69, 9.17) is 21.4 Å². The Morgan fingerprint density at radius 2 is 2.06 bits per heavy atom. The minimum absolute atomic E-state index is 0.243. The number of benzene rings is 1. The van der Waals surface area contributed by atoms with Crippen molar-refractivity contribution in [2.75, 3.05) is 20.2 Å². The van der Waals surface area contributed by atoms with Crippen molar-refractivity contribution in [2.45, 2.75) is 0 Å². The van der Waals surface area contributed by atoms with Crippen LogP contribution < -0.4 is 4.74 Å². The van der Waals surface area contributed by atoms with E-state index in [0.29, 0.717) is 10.8 Å². The molecule has 0 aliphatic rings. The normalized spacial score (nSPS) is 9.76. The van der Waals surface area contributed by atoms with Gasteiger partial charge in [0.05, 0.1) is 5.02 Å². The standard InChI is InChI=1S/C11H12ClNO4/c1-13(6-11(15)16)10(14)7-17-9-5-3-2-4-8(9)12/h2-5H,6-7H2,1H3,(H,15,16). The third-order valence-electron chi connectivity index (χ3n) is 1.99. The predicted molar refractivity (Wildman–Crippen MR) is 62.2 cm³/mol. The highest BCUT2D eigenvalue weighted by molar-refractivity contribution is 6.32. The van der Waals surface area contributed by atoms with Gasteiger partial charge in [0.25, 0.3) is 5.91 Å². The minimum Gasteiger partial charge on any atom is -0.482 e. The van der Waals surface area contributed by atoms with Crippen LogP contribution in [0.2, 0.25) is 5.02 Å². The monoisotopic (exact) mass is 257 g/mol. The molecule has 0 aliphatic heterocycles. The summed E-state index contributed by atoms with van der Waals surface area (Å²) < 4.78 is 5.19. The molecule has 0 spiro atoms. The molecule has 92 valence electrons. The van der Waals surface area contributed by atoms with E-state index in [1.54, 1.807) is 24.3 Å². The van der Waals surface area contributed by atoms with Gasteiger partial charge in [-0.1, -0.05) is 23.7 Å². The number of halogens is 1. The van der Waals surface area contributed by atoms with Crippen molar-refractivity contribution in [3.63, 3.8) is 0 Å². The molecule has 1 rings (SSSR count). The summed E-state index contributed by atoms with van der Waals surface area (Å²) in [6.07, 6.45) is 0. The Morgan fingerprint density at radius 3 is 2.65 bits per heavy atom. The smallest absolute Gasteiger partial charge is 0.323 e. The Labute approximate surface area is 104 Å². The van der Waals surface area contributed by atoms with Gasteiger partial charge in [-0.2, -0.15) is 0 Å². The Kier molecular flexibility index (Phi) is 4.78. The maximum Gasteiger partial charge on any atom is 0.323 e. The second-order valence-electron chi connectivity index (χ2n) is 3.36. The highest BCUT2D eigenvalue weighted by Gasteiger charge is 2.13. The number of hydrogen-bond acceptors (Lipinski definition) is 3. The van der Waals surface area contributed by atoms with Crippen LogP contribution in [-0.4, -0.2) is 42.1 Å². The van der Waals surface area contributed by atoms with Gasteiger partial charge in [-0.3, -0.25) is 9.59 Å². The molecule has 0 unspecified atom stereocenters. The van der Waals surface area contributed by atoms with Gasteiger partial charge in [0.15, 0.2) is 6.61 Å². The van der Waals surface area contributed by atoms with E-state index < -0.39 is 11.9 Å². The van der Waals surface area contributed by atoms with Gasteiger partial charge in [-0.05, 0) is 12.1 Å². The molecule has 0 heterocycles. The molecule has 1 N–H and O–H groups in total.